The number of para-hydroxylation sites is 1. The molecule has 1 atom stereocenters. The lowest BCUT2D eigenvalue weighted by atomic mass is 10.1. The van der Waals surface area contributed by atoms with Gasteiger partial charge in [0, 0.05) is 35.3 Å². The van der Waals surface area contributed by atoms with E-state index in [1.807, 2.05) is 40.8 Å². The minimum Gasteiger partial charge on any atom is -0.310 e. The summed E-state index contributed by atoms with van der Waals surface area (Å²) in [5.41, 5.74) is 4.16. The number of nitrogens with one attached hydrogen (secondary N) is 1. The number of hydrogen-bond acceptors (Lipinski definition) is 4. The Hall–Kier alpha value is -1.98. The smallest absolute Gasteiger partial charge is 0.0794 e. The van der Waals surface area contributed by atoms with Crippen LogP contribution in [0.1, 0.15) is 23.4 Å². The lowest BCUT2D eigenvalue weighted by Gasteiger charge is -2.15. The van der Waals surface area contributed by atoms with Crippen LogP contribution in [-0.4, -0.2) is 21.3 Å². The fourth-order valence-electron chi connectivity index (χ4n) is 2.34. The van der Waals surface area contributed by atoms with Crippen LogP contribution in [0.2, 0.25) is 0 Å². The molecule has 2 aromatic heterocycles. The molecular weight excluding hydrogens is 280 g/mol. The summed E-state index contributed by atoms with van der Waals surface area (Å²) >= 11 is 1.70. The summed E-state index contributed by atoms with van der Waals surface area (Å²) < 4.78 is 1.92. The average molecular weight is 298 g/mol. The van der Waals surface area contributed by atoms with Crippen LogP contribution in [0.4, 0.5) is 0 Å². The third-order valence-corrected chi connectivity index (χ3v) is 4.17. The topological polar surface area (TPSA) is 42.7 Å². The molecule has 5 heteroatoms. The molecule has 1 N–H and O–H groups in total. The minimum atomic E-state index is 0.271. The third kappa shape index (κ3) is 3.37. The third-order valence-electron chi connectivity index (χ3n) is 3.36. The number of nitrogens with zero attached hydrogens (tertiary/aromatic N) is 3. The Bertz CT molecular complexity index is 661. The maximum absolute atomic E-state index is 4.48. The first kappa shape index (κ1) is 14.0. The van der Waals surface area contributed by atoms with Crippen molar-refractivity contribution in [2.45, 2.75) is 19.4 Å². The van der Waals surface area contributed by atoms with Crippen LogP contribution in [-0.2, 0) is 6.42 Å². The van der Waals surface area contributed by atoms with Gasteiger partial charge in [-0.05, 0) is 18.7 Å². The van der Waals surface area contributed by atoms with E-state index in [1.54, 1.807) is 11.3 Å². The van der Waals surface area contributed by atoms with Gasteiger partial charge in [0.05, 0.1) is 17.4 Å². The predicted molar refractivity (Wildman–Crippen MR) is 85.8 cm³/mol. The Morgan fingerprint density at radius 1 is 1.24 bits per heavy atom. The lowest BCUT2D eigenvalue weighted by molar-refractivity contribution is 0.553. The van der Waals surface area contributed by atoms with E-state index >= 15 is 0 Å². The van der Waals surface area contributed by atoms with Gasteiger partial charge >= 0.3 is 0 Å². The number of benzene rings is 1. The normalized spacial score (nSPS) is 12.4. The molecule has 21 heavy (non-hydrogen) atoms. The van der Waals surface area contributed by atoms with Crippen molar-refractivity contribution in [1.82, 2.24) is 20.1 Å². The van der Waals surface area contributed by atoms with Gasteiger partial charge < -0.3 is 5.32 Å². The largest absolute Gasteiger partial charge is 0.310 e. The number of likely N-dealkylation sites (N-methyl/N-ethyl adjacent to an activating group) is 1. The Kier molecular flexibility index (Phi) is 4.43. The first-order valence-electron chi connectivity index (χ1n) is 7.07. The molecule has 3 rings (SSSR count). The highest BCUT2D eigenvalue weighted by molar-refractivity contribution is 7.09. The van der Waals surface area contributed by atoms with Crippen molar-refractivity contribution < 1.29 is 0 Å². The van der Waals surface area contributed by atoms with Crippen molar-refractivity contribution in [1.29, 1.82) is 0 Å². The van der Waals surface area contributed by atoms with E-state index in [4.69, 9.17) is 0 Å². The van der Waals surface area contributed by atoms with E-state index in [0.29, 0.717) is 0 Å². The van der Waals surface area contributed by atoms with Gasteiger partial charge in [-0.2, -0.15) is 5.10 Å². The van der Waals surface area contributed by atoms with E-state index < -0.39 is 0 Å². The lowest BCUT2D eigenvalue weighted by Crippen LogP contribution is -2.22. The molecule has 0 radical (unpaired) electrons. The highest BCUT2D eigenvalue weighted by Crippen LogP contribution is 2.21. The SMILES string of the molecule is CCNC(Cc1cncs1)c1cnn(-c2ccccc2)c1. The van der Waals surface area contributed by atoms with Gasteiger partial charge in [0.15, 0.2) is 0 Å². The number of rotatable bonds is 6. The molecule has 2 heterocycles. The van der Waals surface area contributed by atoms with Gasteiger partial charge in [-0.15, -0.1) is 11.3 Å². The quantitative estimate of drug-likeness (QED) is 0.760. The van der Waals surface area contributed by atoms with Crippen LogP contribution < -0.4 is 5.32 Å². The summed E-state index contributed by atoms with van der Waals surface area (Å²) in [5.74, 6) is 0. The van der Waals surface area contributed by atoms with Crippen molar-refractivity contribution >= 4 is 11.3 Å². The number of hydrogen-bond donors (Lipinski definition) is 1. The molecule has 108 valence electrons. The second-order valence-corrected chi connectivity index (χ2v) is 5.81. The molecule has 4 nitrogen and oxygen atoms in total. The molecule has 1 unspecified atom stereocenters. The van der Waals surface area contributed by atoms with Crippen molar-refractivity contribution in [2.24, 2.45) is 0 Å². The van der Waals surface area contributed by atoms with Crippen LogP contribution in [0, 0.1) is 0 Å². The summed E-state index contributed by atoms with van der Waals surface area (Å²) in [7, 11) is 0. The maximum atomic E-state index is 4.48. The Balaban J connectivity index is 1.81. The molecule has 0 saturated carbocycles. The monoisotopic (exact) mass is 298 g/mol. The van der Waals surface area contributed by atoms with Crippen LogP contribution in [0.5, 0.6) is 0 Å². The summed E-state index contributed by atoms with van der Waals surface area (Å²) in [6.07, 6.45) is 6.93. The Labute approximate surface area is 128 Å². The Morgan fingerprint density at radius 2 is 2.10 bits per heavy atom. The van der Waals surface area contributed by atoms with E-state index in [0.717, 1.165) is 18.7 Å². The molecular formula is C16H18N4S. The fraction of sp³-hybridized carbons (Fsp3) is 0.250. The van der Waals surface area contributed by atoms with Gasteiger partial charge in [0.2, 0.25) is 0 Å². The van der Waals surface area contributed by atoms with Crippen molar-refractivity contribution in [3.8, 4) is 5.69 Å². The van der Waals surface area contributed by atoms with Gasteiger partial charge in [-0.1, -0.05) is 25.1 Å². The molecule has 0 aliphatic carbocycles. The fourth-order valence-corrected chi connectivity index (χ4v) is 2.98. The number of aromatic nitrogens is 3. The van der Waals surface area contributed by atoms with E-state index in [9.17, 15) is 0 Å². The number of thiazole rings is 1. The standard InChI is InChI=1S/C16H18N4S/c1-2-18-16(8-15-10-17-12-21-15)13-9-19-20(11-13)14-6-4-3-5-7-14/h3-7,9-12,16,18H,2,8H2,1H3. The molecule has 0 saturated heterocycles. The maximum Gasteiger partial charge on any atom is 0.0794 e. The van der Waals surface area contributed by atoms with Crippen LogP contribution in [0.3, 0.4) is 0 Å². The molecule has 0 amide bonds. The van der Waals surface area contributed by atoms with Crippen molar-refractivity contribution in [2.75, 3.05) is 6.54 Å². The molecule has 0 aliphatic heterocycles. The Morgan fingerprint density at radius 3 is 2.81 bits per heavy atom. The molecule has 3 aromatic rings. The molecule has 0 bridgehead atoms. The highest BCUT2D eigenvalue weighted by atomic mass is 32.1. The summed E-state index contributed by atoms with van der Waals surface area (Å²) in [4.78, 5) is 5.44. The van der Waals surface area contributed by atoms with Gasteiger partial charge in [-0.3, -0.25) is 4.98 Å². The van der Waals surface area contributed by atoms with Gasteiger partial charge in [0.1, 0.15) is 0 Å². The molecule has 0 aliphatic rings. The van der Waals surface area contributed by atoms with Crippen LogP contribution >= 0.6 is 11.3 Å². The van der Waals surface area contributed by atoms with Crippen LogP contribution in [0.15, 0.2) is 54.4 Å². The predicted octanol–water partition coefficient (Wildman–Crippen LogP) is 3.22. The molecule has 0 fully saturated rings. The highest BCUT2D eigenvalue weighted by Gasteiger charge is 2.14. The first-order valence-corrected chi connectivity index (χ1v) is 7.95. The first-order chi connectivity index (χ1) is 10.4. The van der Waals surface area contributed by atoms with Crippen molar-refractivity contribution in [3.63, 3.8) is 0 Å². The van der Waals surface area contributed by atoms with Gasteiger partial charge in [0.25, 0.3) is 0 Å². The average Bonchev–Trinajstić information content (AvgIpc) is 3.19. The second-order valence-electron chi connectivity index (χ2n) is 4.84. The van der Waals surface area contributed by atoms with Crippen LogP contribution in [0.25, 0.3) is 5.69 Å². The van der Waals surface area contributed by atoms with E-state index in [-0.39, 0.29) is 6.04 Å². The zero-order chi connectivity index (χ0) is 14.5. The molecule has 1 aromatic carbocycles. The van der Waals surface area contributed by atoms with Crippen molar-refractivity contribution in [3.05, 3.63) is 64.9 Å². The van der Waals surface area contributed by atoms with Gasteiger partial charge in [-0.25, -0.2) is 4.68 Å². The molecule has 0 spiro atoms. The van der Waals surface area contributed by atoms with E-state index in [1.165, 1.54) is 10.4 Å². The zero-order valence-corrected chi connectivity index (χ0v) is 12.8. The summed E-state index contributed by atoms with van der Waals surface area (Å²) in [6.45, 7) is 3.06. The zero-order valence-electron chi connectivity index (χ0n) is 11.9. The van der Waals surface area contributed by atoms with E-state index in [2.05, 4.69) is 40.7 Å². The summed E-state index contributed by atoms with van der Waals surface area (Å²) in [5, 5.41) is 8.01. The second kappa shape index (κ2) is 6.65. The minimum absolute atomic E-state index is 0.271. The summed E-state index contributed by atoms with van der Waals surface area (Å²) in [6, 6.07) is 10.4.